The topological polar surface area (TPSA) is 169 Å². The minimum absolute atomic E-state index is 0.0277. The Morgan fingerprint density at radius 1 is 0.533 bits per heavy atom. The molecule has 0 aliphatic carbocycles. The number of aromatic nitrogens is 3. The number of nitrogens with zero attached hydrogens (tertiary/aromatic N) is 4. The normalized spacial score (nSPS) is 11.6. The molecule has 0 saturated carbocycles. The van der Waals surface area contributed by atoms with Gasteiger partial charge in [0.1, 0.15) is 23.0 Å². The maximum absolute atomic E-state index is 13.0. The van der Waals surface area contributed by atoms with E-state index in [1.165, 1.54) is 97.1 Å². The smallest absolute Gasteiger partial charge is 0.330 e. The summed E-state index contributed by atoms with van der Waals surface area (Å²) in [6.07, 6.45) is 0. The minimum Gasteiger partial charge on any atom is -0.508 e. The standard InChI is InChI=1S/C31H28N4O8S2/c1-3-35(4-2)29-32-30(42-23-9-17-27(18-10-23)44(38,39)25-13-5-21(36)6-14-25)34-31(33-29)43-24-11-19-28(20-12-24)45(40,41)26-15-7-22(37)8-16-26/h5-20,36-37H,3-4H2,1-2H3. The number of ether oxygens (including phenoxy) is 2. The zero-order valence-electron chi connectivity index (χ0n) is 24.1. The number of aromatic hydroxyl groups is 2. The highest BCUT2D eigenvalue weighted by Gasteiger charge is 2.20. The number of benzene rings is 4. The summed E-state index contributed by atoms with van der Waals surface area (Å²) < 4.78 is 63.5. The monoisotopic (exact) mass is 648 g/mol. The van der Waals surface area contributed by atoms with Gasteiger partial charge in [0.25, 0.3) is 0 Å². The van der Waals surface area contributed by atoms with E-state index in [0.29, 0.717) is 13.1 Å². The minimum atomic E-state index is -3.82. The van der Waals surface area contributed by atoms with E-state index < -0.39 is 19.7 Å². The first-order chi connectivity index (χ1) is 21.5. The van der Waals surface area contributed by atoms with Crippen LogP contribution in [0.15, 0.2) is 117 Å². The van der Waals surface area contributed by atoms with E-state index in [1.807, 2.05) is 18.7 Å². The van der Waals surface area contributed by atoms with Gasteiger partial charge < -0.3 is 24.6 Å². The fourth-order valence-electron chi connectivity index (χ4n) is 4.17. The first kappa shape index (κ1) is 31.2. The van der Waals surface area contributed by atoms with Crippen molar-refractivity contribution < 1.29 is 36.5 Å². The number of hydrogen-bond acceptors (Lipinski definition) is 12. The molecule has 0 saturated heterocycles. The van der Waals surface area contributed by atoms with E-state index in [9.17, 15) is 27.0 Å². The summed E-state index contributed by atoms with van der Waals surface area (Å²) in [6.45, 7) is 5.00. The molecule has 0 aliphatic rings. The molecular weight excluding hydrogens is 620 g/mol. The van der Waals surface area contributed by atoms with Crippen LogP contribution in [0.3, 0.4) is 0 Å². The predicted octanol–water partition coefficient (Wildman–Crippen LogP) is 5.38. The molecule has 14 heteroatoms. The van der Waals surface area contributed by atoms with Gasteiger partial charge in [-0.1, -0.05) is 0 Å². The van der Waals surface area contributed by atoms with Crippen LogP contribution >= 0.6 is 0 Å². The summed E-state index contributed by atoms with van der Waals surface area (Å²) in [6, 6.07) is 21.6. The van der Waals surface area contributed by atoms with E-state index in [0.717, 1.165) is 0 Å². The zero-order valence-corrected chi connectivity index (χ0v) is 25.7. The highest BCUT2D eigenvalue weighted by Crippen LogP contribution is 2.29. The van der Waals surface area contributed by atoms with Crippen molar-refractivity contribution in [2.24, 2.45) is 0 Å². The molecule has 0 spiro atoms. The molecule has 0 bridgehead atoms. The van der Waals surface area contributed by atoms with Crippen LogP contribution in [-0.2, 0) is 19.7 Å². The summed E-state index contributed by atoms with van der Waals surface area (Å²) in [5.74, 6) is 0.700. The second-order valence-corrected chi connectivity index (χ2v) is 13.4. The number of sulfone groups is 2. The Morgan fingerprint density at radius 2 is 0.844 bits per heavy atom. The van der Waals surface area contributed by atoms with Crippen molar-refractivity contribution >= 4 is 25.6 Å². The molecule has 0 aliphatic heterocycles. The molecule has 12 nitrogen and oxygen atoms in total. The molecular formula is C31H28N4O8S2. The molecule has 4 aromatic carbocycles. The summed E-state index contributed by atoms with van der Waals surface area (Å²) >= 11 is 0. The van der Waals surface area contributed by atoms with E-state index in [2.05, 4.69) is 15.0 Å². The molecule has 232 valence electrons. The Labute approximate surface area is 260 Å². The lowest BCUT2D eigenvalue weighted by atomic mass is 10.3. The van der Waals surface area contributed by atoms with E-state index in [1.54, 1.807) is 0 Å². The first-order valence-electron chi connectivity index (χ1n) is 13.6. The molecule has 45 heavy (non-hydrogen) atoms. The van der Waals surface area contributed by atoms with Crippen LogP contribution in [0.4, 0.5) is 5.95 Å². The van der Waals surface area contributed by atoms with Gasteiger partial charge in [0.05, 0.1) is 19.6 Å². The third-order valence-corrected chi connectivity index (χ3v) is 10.2. The Bertz CT molecular complexity index is 1860. The van der Waals surface area contributed by atoms with Crippen molar-refractivity contribution in [3.8, 4) is 35.0 Å². The molecule has 5 aromatic rings. The van der Waals surface area contributed by atoms with Crippen molar-refractivity contribution in [1.82, 2.24) is 15.0 Å². The average Bonchev–Trinajstić information content (AvgIpc) is 3.02. The third-order valence-electron chi connectivity index (χ3n) is 6.61. The van der Waals surface area contributed by atoms with Crippen molar-refractivity contribution in [3.63, 3.8) is 0 Å². The van der Waals surface area contributed by atoms with Crippen LogP contribution < -0.4 is 14.4 Å². The first-order valence-corrected chi connectivity index (χ1v) is 16.6. The van der Waals surface area contributed by atoms with Crippen LogP contribution in [0, 0.1) is 0 Å². The van der Waals surface area contributed by atoms with Crippen LogP contribution in [0.25, 0.3) is 0 Å². The van der Waals surface area contributed by atoms with Gasteiger partial charge in [0.15, 0.2) is 0 Å². The lowest BCUT2D eigenvalue weighted by Gasteiger charge is -2.19. The molecule has 1 heterocycles. The second-order valence-electron chi connectivity index (χ2n) is 9.51. The van der Waals surface area contributed by atoms with E-state index in [-0.39, 0.29) is 60.5 Å². The number of phenols is 2. The molecule has 1 aromatic heterocycles. The molecule has 0 atom stereocenters. The highest BCUT2D eigenvalue weighted by atomic mass is 32.2. The highest BCUT2D eigenvalue weighted by molar-refractivity contribution is 7.91. The Hall–Kier alpha value is -5.21. The lowest BCUT2D eigenvalue weighted by molar-refractivity contribution is 0.396. The van der Waals surface area contributed by atoms with Crippen molar-refractivity contribution in [2.75, 3.05) is 18.0 Å². The largest absolute Gasteiger partial charge is 0.508 e. The van der Waals surface area contributed by atoms with Crippen molar-refractivity contribution in [3.05, 3.63) is 97.1 Å². The number of anilines is 1. The van der Waals surface area contributed by atoms with Gasteiger partial charge >= 0.3 is 12.0 Å². The van der Waals surface area contributed by atoms with Gasteiger partial charge in [-0.2, -0.15) is 9.97 Å². The summed E-state index contributed by atoms with van der Waals surface area (Å²) in [4.78, 5) is 15.0. The summed E-state index contributed by atoms with van der Waals surface area (Å²) in [7, 11) is -7.65. The Balaban J connectivity index is 1.38. The average molecular weight is 649 g/mol. The molecule has 0 radical (unpaired) electrons. The van der Waals surface area contributed by atoms with Gasteiger partial charge in [-0.05, 0) is 111 Å². The van der Waals surface area contributed by atoms with Gasteiger partial charge in [0, 0.05) is 13.1 Å². The van der Waals surface area contributed by atoms with E-state index in [4.69, 9.17) is 9.47 Å². The zero-order chi connectivity index (χ0) is 32.2. The van der Waals surface area contributed by atoms with Gasteiger partial charge in [0.2, 0.25) is 25.6 Å². The van der Waals surface area contributed by atoms with Crippen LogP contribution in [0.5, 0.6) is 35.0 Å². The number of rotatable bonds is 11. The van der Waals surface area contributed by atoms with Crippen LogP contribution in [0.1, 0.15) is 13.8 Å². The molecule has 2 N–H and O–H groups in total. The molecule has 0 fully saturated rings. The van der Waals surface area contributed by atoms with Crippen molar-refractivity contribution in [1.29, 1.82) is 0 Å². The van der Waals surface area contributed by atoms with Crippen molar-refractivity contribution in [2.45, 2.75) is 33.4 Å². The Kier molecular flexibility index (Phi) is 8.88. The fraction of sp³-hybridized carbons (Fsp3) is 0.129. The summed E-state index contributed by atoms with van der Waals surface area (Å²) in [5, 5.41) is 19.0. The lowest BCUT2D eigenvalue weighted by Crippen LogP contribution is -2.24. The second kappa shape index (κ2) is 12.8. The number of phenolic OH excluding ortho intramolecular Hbond substituents is 2. The number of hydrogen-bond donors (Lipinski definition) is 2. The quantitative estimate of drug-likeness (QED) is 0.188. The molecule has 5 rings (SSSR count). The van der Waals surface area contributed by atoms with Gasteiger partial charge in [-0.3, -0.25) is 0 Å². The molecule has 0 unspecified atom stereocenters. The van der Waals surface area contributed by atoms with Gasteiger partial charge in [-0.25, -0.2) is 16.8 Å². The van der Waals surface area contributed by atoms with Crippen LogP contribution in [-0.4, -0.2) is 55.1 Å². The fourth-order valence-corrected chi connectivity index (χ4v) is 6.70. The summed E-state index contributed by atoms with van der Waals surface area (Å²) in [5.41, 5.74) is 0. The van der Waals surface area contributed by atoms with Gasteiger partial charge in [-0.15, -0.1) is 4.98 Å². The predicted molar refractivity (Wildman–Crippen MR) is 164 cm³/mol. The van der Waals surface area contributed by atoms with Crippen LogP contribution in [0.2, 0.25) is 0 Å². The molecule has 0 amide bonds. The Morgan fingerprint density at radius 3 is 1.16 bits per heavy atom. The SMILES string of the molecule is CCN(CC)c1nc(Oc2ccc(S(=O)(=O)c3ccc(O)cc3)cc2)nc(Oc2ccc(S(=O)(=O)c3ccc(O)cc3)cc2)n1. The third kappa shape index (κ3) is 6.97. The maximum Gasteiger partial charge on any atom is 0.330 e. The maximum atomic E-state index is 13.0. The van der Waals surface area contributed by atoms with E-state index >= 15 is 0 Å².